The molecule has 1 rings (SSSR count). The molecular formula is C12H15BrFNO. The minimum absolute atomic E-state index is 0.324. The van der Waals surface area contributed by atoms with E-state index in [1.54, 1.807) is 12.1 Å². The maximum absolute atomic E-state index is 13.1. The van der Waals surface area contributed by atoms with Crippen LogP contribution in [0.5, 0.6) is 5.75 Å². The summed E-state index contributed by atoms with van der Waals surface area (Å²) in [6.45, 7) is 7.89. The topological polar surface area (TPSA) is 21.3 Å². The largest absolute Gasteiger partial charge is 0.489 e. The van der Waals surface area contributed by atoms with E-state index in [0.717, 1.165) is 18.7 Å². The lowest BCUT2D eigenvalue weighted by molar-refractivity contribution is 0.346. The van der Waals surface area contributed by atoms with Gasteiger partial charge in [-0.05, 0) is 40.2 Å². The fraction of sp³-hybridized carbons (Fsp3) is 0.333. The van der Waals surface area contributed by atoms with Crippen LogP contribution in [0, 0.1) is 5.82 Å². The van der Waals surface area contributed by atoms with Crippen molar-refractivity contribution in [3.63, 3.8) is 0 Å². The number of hydrogen-bond acceptors (Lipinski definition) is 2. The van der Waals surface area contributed by atoms with Gasteiger partial charge in [0.05, 0.1) is 4.47 Å². The molecule has 0 saturated heterocycles. The van der Waals surface area contributed by atoms with E-state index in [2.05, 4.69) is 27.8 Å². The zero-order chi connectivity index (χ0) is 12.0. The minimum Gasteiger partial charge on any atom is -0.489 e. The molecule has 0 amide bonds. The molecule has 0 aliphatic rings. The average Bonchev–Trinajstić information content (AvgIpc) is 2.28. The van der Waals surface area contributed by atoms with Crippen LogP contribution in [0.15, 0.2) is 34.8 Å². The molecule has 0 radical (unpaired) electrons. The van der Waals surface area contributed by atoms with E-state index < -0.39 is 0 Å². The third-order valence-corrected chi connectivity index (χ3v) is 2.60. The van der Waals surface area contributed by atoms with Gasteiger partial charge in [-0.25, -0.2) is 4.39 Å². The van der Waals surface area contributed by atoms with Crippen LogP contribution in [-0.4, -0.2) is 19.7 Å². The van der Waals surface area contributed by atoms with Gasteiger partial charge in [-0.15, -0.1) is 0 Å². The fourth-order valence-electron chi connectivity index (χ4n) is 1.10. The molecule has 0 atom stereocenters. The van der Waals surface area contributed by atoms with Crippen molar-refractivity contribution in [1.82, 2.24) is 5.32 Å². The van der Waals surface area contributed by atoms with Gasteiger partial charge in [0, 0.05) is 12.6 Å². The molecule has 0 aliphatic carbocycles. The highest BCUT2D eigenvalue weighted by Gasteiger charge is 2.02. The van der Waals surface area contributed by atoms with Crippen LogP contribution in [0.4, 0.5) is 4.39 Å². The van der Waals surface area contributed by atoms with Crippen LogP contribution in [0.1, 0.15) is 6.92 Å². The van der Waals surface area contributed by atoms with Crippen LogP contribution in [0.3, 0.4) is 0 Å². The summed E-state index contributed by atoms with van der Waals surface area (Å²) in [5.41, 5.74) is 0.935. The van der Waals surface area contributed by atoms with E-state index in [1.807, 2.05) is 6.92 Å². The Labute approximate surface area is 104 Å². The molecular weight excluding hydrogens is 273 g/mol. The molecule has 0 unspecified atom stereocenters. The van der Waals surface area contributed by atoms with Crippen LogP contribution < -0.4 is 10.1 Å². The van der Waals surface area contributed by atoms with Gasteiger partial charge in [-0.1, -0.05) is 13.5 Å². The zero-order valence-corrected chi connectivity index (χ0v) is 10.8. The molecule has 2 nitrogen and oxygen atoms in total. The number of nitrogens with one attached hydrogen (secondary N) is 1. The molecule has 1 aromatic rings. The van der Waals surface area contributed by atoms with Crippen LogP contribution >= 0.6 is 15.9 Å². The first-order chi connectivity index (χ1) is 7.63. The smallest absolute Gasteiger partial charge is 0.141 e. The molecule has 0 bridgehead atoms. The van der Waals surface area contributed by atoms with Crippen molar-refractivity contribution in [3.05, 3.63) is 40.6 Å². The average molecular weight is 288 g/mol. The number of ether oxygens (including phenoxy) is 1. The second-order valence-electron chi connectivity index (χ2n) is 3.39. The lowest BCUT2D eigenvalue weighted by Gasteiger charge is -2.09. The van der Waals surface area contributed by atoms with Gasteiger partial charge in [-0.2, -0.15) is 0 Å². The fourth-order valence-corrected chi connectivity index (χ4v) is 1.35. The summed E-state index contributed by atoms with van der Waals surface area (Å²) in [6.07, 6.45) is 0. The number of halogens is 2. The molecule has 0 saturated carbocycles. The van der Waals surface area contributed by atoms with Gasteiger partial charge >= 0.3 is 0 Å². The van der Waals surface area contributed by atoms with E-state index in [0.29, 0.717) is 16.8 Å². The molecule has 4 heteroatoms. The Balaban J connectivity index is 2.42. The standard InChI is InChI=1S/C12H15BrFNO/c1-3-15-7-9(2)8-16-10-4-5-11(13)12(14)6-10/h4-6,15H,2-3,7-8H2,1H3. The normalized spacial score (nSPS) is 10.2. The highest BCUT2D eigenvalue weighted by atomic mass is 79.9. The summed E-state index contributed by atoms with van der Waals surface area (Å²) in [6, 6.07) is 4.69. The molecule has 16 heavy (non-hydrogen) atoms. The van der Waals surface area contributed by atoms with Gasteiger partial charge in [-0.3, -0.25) is 0 Å². The van der Waals surface area contributed by atoms with Gasteiger partial charge in [0.1, 0.15) is 18.2 Å². The van der Waals surface area contributed by atoms with E-state index in [1.165, 1.54) is 6.07 Å². The summed E-state index contributed by atoms with van der Waals surface area (Å²) in [5, 5.41) is 3.14. The first kappa shape index (κ1) is 13.2. The predicted octanol–water partition coefficient (Wildman–Crippen LogP) is 3.13. The summed E-state index contributed by atoms with van der Waals surface area (Å²) in [7, 11) is 0. The first-order valence-corrected chi connectivity index (χ1v) is 5.88. The Morgan fingerprint density at radius 2 is 2.31 bits per heavy atom. The van der Waals surface area contributed by atoms with E-state index in [4.69, 9.17) is 4.74 Å². The van der Waals surface area contributed by atoms with Crippen LogP contribution in [0.2, 0.25) is 0 Å². The summed E-state index contributed by atoms with van der Waals surface area (Å²) < 4.78 is 19.0. The third-order valence-electron chi connectivity index (χ3n) is 1.96. The van der Waals surface area contributed by atoms with Crippen molar-refractivity contribution >= 4 is 15.9 Å². The van der Waals surface area contributed by atoms with Gasteiger partial charge in [0.15, 0.2) is 0 Å². The highest BCUT2D eigenvalue weighted by molar-refractivity contribution is 9.10. The molecule has 0 aliphatic heterocycles. The quantitative estimate of drug-likeness (QED) is 0.812. The van der Waals surface area contributed by atoms with Gasteiger partial charge < -0.3 is 10.1 Å². The van der Waals surface area contributed by atoms with Crippen molar-refractivity contribution in [2.75, 3.05) is 19.7 Å². The number of likely N-dealkylation sites (N-methyl/N-ethyl adjacent to an activating group) is 1. The Kier molecular flexibility index (Phi) is 5.49. The second kappa shape index (κ2) is 6.66. The van der Waals surface area contributed by atoms with E-state index in [-0.39, 0.29) is 5.82 Å². The minimum atomic E-state index is -0.324. The summed E-state index contributed by atoms with van der Waals surface area (Å²) in [4.78, 5) is 0. The Hall–Kier alpha value is -0.870. The second-order valence-corrected chi connectivity index (χ2v) is 4.25. The van der Waals surface area contributed by atoms with Crippen molar-refractivity contribution in [1.29, 1.82) is 0 Å². The number of benzene rings is 1. The zero-order valence-electron chi connectivity index (χ0n) is 9.22. The Morgan fingerprint density at radius 3 is 2.94 bits per heavy atom. The number of rotatable bonds is 6. The monoisotopic (exact) mass is 287 g/mol. The van der Waals surface area contributed by atoms with Crippen LogP contribution in [-0.2, 0) is 0 Å². The maximum atomic E-state index is 13.1. The lowest BCUT2D eigenvalue weighted by Crippen LogP contribution is -2.18. The van der Waals surface area contributed by atoms with Gasteiger partial charge in [0.2, 0.25) is 0 Å². The van der Waals surface area contributed by atoms with Crippen LogP contribution in [0.25, 0.3) is 0 Å². The summed E-state index contributed by atoms with van der Waals surface area (Å²) >= 11 is 3.09. The molecule has 88 valence electrons. The third kappa shape index (κ3) is 4.33. The number of hydrogen-bond donors (Lipinski definition) is 1. The Bertz CT molecular complexity index is 368. The molecule has 0 fully saturated rings. The van der Waals surface area contributed by atoms with Crippen molar-refractivity contribution in [3.8, 4) is 5.75 Å². The van der Waals surface area contributed by atoms with Crippen molar-refractivity contribution < 1.29 is 9.13 Å². The highest BCUT2D eigenvalue weighted by Crippen LogP contribution is 2.21. The first-order valence-electron chi connectivity index (χ1n) is 5.08. The van der Waals surface area contributed by atoms with Gasteiger partial charge in [0.25, 0.3) is 0 Å². The van der Waals surface area contributed by atoms with E-state index in [9.17, 15) is 4.39 Å². The molecule has 0 aromatic heterocycles. The molecule has 0 spiro atoms. The molecule has 1 aromatic carbocycles. The van der Waals surface area contributed by atoms with E-state index >= 15 is 0 Å². The van der Waals surface area contributed by atoms with Crippen molar-refractivity contribution in [2.24, 2.45) is 0 Å². The summed E-state index contributed by atoms with van der Waals surface area (Å²) in [5.74, 6) is 0.188. The molecule has 1 N–H and O–H groups in total. The molecule has 0 heterocycles. The Morgan fingerprint density at radius 1 is 1.56 bits per heavy atom. The SMILES string of the molecule is C=C(CNCC)COc1ccc(Br)c(F)c1. The predicted molar refractivity (Wildman–Crippen MR) is 67.3 cm³/mol. The lowest BCUT2D eigenvalue weighted by atomic mass is 10.3. The van der Waals surface area contributed by atoms with Crippen molar-refractivity contribution in [2.45, 2.75) is 6.92 Å². The maximum Gasteiger partial charge on any atom is 0.141 e.